The van der Waals surface area contributed by atoms with E-state index < -0.39 is 0 Å². The van der Waals surface area contributed by atoms with Gasteiger partial charge in [-0.15, -0.1) is 0 Å². The van der Waals surface area contributed by atoms with Crippen LogP contribution in [-0.2, 0) is 11.8 Å². The normalized spacial score (nSPS) is 12.8. The second-order valence-electron chi connectivity index (χ2n) is 4.46. The first kappa shape index (κ1) is 13.1. The summed E-state index contributed by atoms with van der Waals surface area (Å²) in [6.07, 6.45) is 6.75. The van der Waals surface area contributed by atoms with E-state index in [0.29, 0.717) is 0 Å². The lowest BCUT2D eigenvalue weighted by molar-refractivity contribution is -0.117. The van der Waals surface area contributed by atoms with Crippen LogP contribution in [0.5, 0.6) is 0 Å². The van der Waals surface area contributed by atoms with Gasteiger partial charge in [0.15, 0.2) is 0 Å². The van der Waals surface area contributed by atoms with Crippen LogP contribution in [0.3, 0.4) is 0 Å². The fraction of sp³-hybridized carbons (Fsp3) is 0.286. The molecule has 2 rings (SSSR count). The average molecular weight is 259 g/mol. The van der Waals surface area contributed by atoms with E-state index in [1.54, 1.807) is 17.0 Å². The number of amides is 1. The lowest BCUT2D eigenvalue weighted by Gasteiger charge is -2.09. The minimum absolute atomic E-state index is 0.153. The lowest BCUT2D eigenvalue weighted by Crippen LogP contribution is -2.24. The van der Waals surface area contributed by atoms with Crippen molar-refractivity contribution in [2.24, 2.45) is 7.05 Å². The minimum atomic E-state index is -0.162. The van der Waals surface area contributed by atoms with E-state index in [0.717, 1.165) is 17.1 Å². The number of furan rings is 1. The topological polar surface area (TPSA) is 60.1 Å². The van der Waals surface area contributed by atoms with Crippen molar-refractivity contribution in [2.75, 3.05) is 0 Å². The van der Waals surface area contributed by atoms with Crippen LogP contribution in [-0.4, -0.2) is 15.7 Å². The van der Waals surface area contributed by atoms with Gasteiger partial charge >= 0.3 is 0 Å². The molecule has 0 radical (unpaired) electrons. The SMILES string of the molecule is Cc1ccc(C(C)NC(=O)/C=C/c2cnn(C)c2)o1. The van der Waals surface area contributed by atoms with Gasteiger partial charge in [-0.05, 0) is 32.1 Å². The van der Waals surface area contributed by atoms with Crippen molar-refractivity contribution < 1.29 is 9.21 Å². The summed E-state index contributed by atoms with van der Waals surface area (Å²) in [5, 5.41) is 6.86. The molecule has 5 nitrogen and oxygen atoms in total. The van der Waals surface area contributed by atoms with E-state index >= 15 is 0 Å². The smallest absolute Gasteiger partial charge is 0.244 e. The molecule has 2 aromatic rings. The molecule has 100 valence electrons. The maximum absolute atomic E-state index is 11.7. The zero-order valence-electron chi connectivity index (χ0n) is 11.3. The number of carbonyl (C=O) groups is 1. The largest absolute Gasteiger partial charge is 0.464 e. The molecule has 0 bridgehead atoms. The van der Waals surface area contributed by atoms with E-state index in [2.05, 4.69) is 10.4 Å². The van der Waals surface area contributed by atoms with E-state index in [-0.39, 0.29) is 11.9 Å². The average Bonchev–Trinajstić information content (AvgIpc) is 2.95. The molecule has 0 saturated carbocycles. The van der Waals surface area contributed by atoms with Gasteiger partial charge in [0.25, 0.3) is 0 Å². The van der Waals surface area contributed by atoms with E-state index in [9.17, 15) is 4.79 Å². The highest BCUT2D eigenvalue weighted by molar-refractivity contribution is 5.91. The van der Waals surface area contributed by atoms with Crippen LogP contribution in [0.4, 0.5) is 0 Å². The molecule has 0 fully saturated rings. The summed E-state index contributed by atoms with van der Waals surface area (Å²) in [6.45, 7) is 3.76. The third-order valence-electron chi connectivity index (χ3n) is 2.70. The fourth-order valence-electron chi connectivity index (χ4n) is 1.72. The third kappa shape index (κ3) is 3.58. The first-order valence-corrected chi connectivity index (χ1v) is 6.08. The Hall–Kier alpha value is -2.30. The molecule has 5 heteroatoms. The molecule has 0 aromatic carbocycles. The van der Waals surface area contributed by atoms with Gasteiger partial charge in [-0.3, -0.25) is 9.48 Å². The van der Waals surface area contributed by atoms with Gasteiger partial charge in [-0.25, -0.2) is 0 Å². The zero-order valence-corrected chi connectivity index (χ0v) is 11.3. The van der Waals surface area contributed by atoms with Crippen LogP contribution in [0.1, 0.15) is 30.0 Å². The Kier molecular flexibility index (Phi) is 3.85. The molecule has 0 aliphatic carbocycles. The number of hydrogen-bond acceptors (Lipinski definition) is 3. The molecular formula is C14H17N3O2. The van der Waals surface area contributed by atoms with E-state index in [1.165, 1.54) is 6.08 Å². The number of hydrogen-bond donors (Lipinski definition) is 1. The number of carbonyl (C=O) groups excluding carboxylic acids is 1. The van der Waals surface area contributed by atoms with Crippen LogP contribution in [0.25, 0.3) is 6.08 Å². The highest BCUT2D eigenvalue weighted by atomic mass is 16.3. The Bertz CT molecular complexity index is 595. The van der Waals surface area contributed by atoms with Crippen molar-refractivity contribution in [3.8, 4) is 0 Å². The Morgan fingerprint density at radius 3 is 2.89 bits per heavy atom. The Labute approximate surface area is 111 Å². The summed E-state index contributed by atoms with van der Waals surface area (Å²) >= 11 is 0. The maximum Gasteiger partial charge on any atom is 0.244 e. The predicted octanol–water partition coefficient (Wildman–Crippen LogP) is 2.21. The predicted molar refractivity (Wildman–Crippen MR) is 72.2 cm³/mol. The van der Waals surface area contributed by atoms with Gasteiger partial charge in [0.2, 0.25) is 5.91 Å². The summed E-state index contributed by atoms with van der Waals surface area (Å²) < 4.78 is 7.15. The van der Waals surface area contributed by atoms with Crippen LogP contribution in [0.15, 0.2) is 35.0 Å². The summed E-state index contributed by atoms with van der Waals surface area (Å²) in [7, 11) is 1.83. The molecule has 0 saturated heterocycles. The first-order valence-electron chi connectivity index (χ1n) is 6.08. The van der Waals surface area contributed by atoms with Gasteiger partial charge in [0.1, 0.15) is 11.5 Å². The third-order valence-corrected chi connectivity index (χ3v) is 2.70. The fourth-order valence-corrected chi connectivity index (χ4v) is 1.72. The molecule has 19 heavy (non-hydrogen) atoms. The van der Waals surface area contributed by atoms with Gasteiger partial charge in [-0.1, -0.05) is 0 Å². The van der Waals surface area contributed by atoms with Gasteiger partial charge in [0, 0.05) is 24.9 Å². The van der Waals surface area contributed by atoms with E-state index in [4.69, 9.17) is 4.42 Å². The molecular weight excluding hydrogens is 242 g/mol. The standard InChI is InChI=1S/C14H17N3O2/c1-10-4-6-13(19-10)11(2)16-14(18)7-5-12-8-15-17(3)9-12/h4-9,11H,1-3H3,(H,16,18)/b7-5+. The highest BCUT2D eigenvalue weighted by Gasteiger charge is 2.10. The lowest BCUT2D eigenvalue weighted by atomic mass is 10.2. The van der Waals surface area contributed by atoms with Crippen molar-refractivity contribution in [1.29, 1.82) is 0 Å². The summed E-state index contributed by atoms with van der Waals surface area (Å²) in [5.74, 6) is 1.42. The molecule has 0 aliphatic rings. The molecule has 1 unspecified atom stereocenters. The molecule has 1 amide bonds. The van der Waals surface area contributed by atoms with Crippen LogP contribution >= 0.6 is 0 Å². The second kappa shape index (κ2) is 5.56. The monoisotopic (exact) mass is 259 g/mol. The Morgan fingerprint density at radius 2 is 2.32 bits per heavy atom. The van der Waals surface area contributed by atoms with Gasteiger partial charge < -0.3 is 9.73 Å². The van der Waals surface area contributed by atoms with Crippen LogP contribution in [0.2, 0.25) is 0 Å². The van der Waals surface area contributed by atoms with Gasteiger partial charge in [0.05, 0.1) is 12.2 Å². The molecule has 2 aromatic heterocycles. The Balaban J connectivity index is 1.92. The maximum atomic E-state index is 11.7. The zero-order chi connectivity index (χ0) is 13.8. The number of nitrogens with one attached hydrogen (secondary N) is 1. The number of nitrogens with zero attached hydrogens (tertiary/aromatic N) is 2. The van der Waals surface area contributed by atoms with Crippen molar-refractivity contribution in [3.05, 3.63) is 47.7 Å². The van der Waals surface area contributed by atoms with Crippen molar-refractivity contribution in [1.82, 2.24) is 15.1 Å². The number of aromatic nitrogens is 2. The van der Waals surface area contributed by atoms with E-state index in [1.807, 2.05) is 39.2 Å². The summed E-state index contributed by atoms with van der Waals surface area (Å²) in [4.78, 5) is 11.7. The minimum Gasteiger partial charge on any atom is -0.464 e. The van der Waals surface area contributed by atoms with Gasteiger partial charge in [-0.2, -0.15) is 5.10 Å². The number of rotatable bonds is 4. The summed E-state index contributed by atoms with van der Waals surface area (Å²) in [5.41, 5.74) is 0.888. The van der Waals surface area contributed by atoms with Crippen molar-refractivity contribution in [3.63, 3.8) is 0 Å². The molecule has 0 spiro atoms. The van der Waals surface area contributed by atoms with Crippen molar-refractivity contribution in [2.45, 2.75) is 19.9 Å². The first-order chi connectivity index (χ1) is 9.04. The highest BCUT2D eigenvalue weighted by Crippen LogP contribution is 2.15. The van der Waals surface area contributed by atoms with Crippen molar-refractivity contribution >= 4 is 12.0 Å². The number of aryl methyl sites for hydroxylation is 2. The molecule has 1 N–H and O–H groups in total. The molecule has 0 aliphatic heterocycles. The quantitative estimate of drug-likeness (QED) is 0.856. The molecule has 2 heterocycles. The van der Waals surface area contributed by atoms with Crippen LogP contribution in [0, 0.1) is 6.92 Å². The Morgan fingerprint density at radius 1 is 1.53 bits per heavy atom. The summed E-state index contributed by atoms with van der Waals surface area (Å²) in [6, 6.07) is 3.59. The van der Waals surface area contributed by atoms with Crippen LogP contribution < -0.4 is 5.32 Å². The second-order valence-corrected chi connectivity index (χ2v) is 4.46. The molecule has 1 atom stereocenters.